The van der Waals surface area contributed by atoms with Gasteiger partial charge in [0, 0.05) is 37.1 Å². The minimum atomic E-state index is -1.42. The molecule has 1 aromatic heterocycles. The van der Waals surface area contributed by atoms with Crippen LogP contribution in [0.1, 0.15) is 53.0 Å². The number of carbonyl (C=O) groups excluding carboxylic acids is 6. The van der Waals surface area contributed by atoms with Crippen LogP contribution in [-0.4, -0.2) is 112 Å². The first-order valence-corrected chi connectivity index (χ1v) is 17.5. The van der Waals surface area contributed by atoms with Gasteiger partial charge in [0.15, 0.2) is 0 Å². The van der Waals surface area contributed by atoms with Crippen molar-refractivity contribution in [2.75, 3.05) is 26.7 Å². The summed E-state index contributed by atoms with van der Waals surface area (Å²) in [5.74, 6) is -4.08. The monoisotopic (exact) mass is 713 g/mol. The molecule has 5 rings (SSSR count). The van der Waals surface area contributed by atoms with Crippen molar-refractivity contribution in [3.05, 3.63) is 76.5 Å². The summed E-state index contributed by atoms with van der Waals surface area (Å²) in [6, 6.07) is 9.04. The molecule has 0 spiro atoms. The Hall–Kier alpha value is -5.37. The molecule has 3 heterocycles. The van der Waals surface area contributed by atoms with Crippen LogP contribution >= 0.6 is 0 Å². The molecule has 2 fully saturated rings. The normalized spacial score (nSPS) is 23.5. The maximum Gasteiger partial charge on any atom is 0.252 e. The van der Waals surface area contributed by atoms with Crippen LogP contribution in [0.25, 0.3) is 10.9 Å². The van der Waals surface area contributed by atoms with E-state index in [1.54, 1.807) is 39.0 Å². The Balaban J connectivity index is 1.52. The summed E-state index contributed by atoms with van der Waals surface area (Å²) >= 11 is 0. The molecule has 14 heteroatoms. The van der Waals surface area contributed by atoms with Crippen molar-refractivity contribution in [2.24, 2.45) is 5.92 Å². The highest BCUT2D eigenvalue weighted by Crippen LogP contribution is 2.26. The van der Waals surface area contributed by atoms with Crippen LogP contribution in [0.2, 0.25) is 0 Å². The number of amides is 6. The van der Waals surface area contributed by atoms with E-state index in [0.29, 0.717) is 22.2 Å². The number of nitrogens with one attached hydrogen (secondary N) is 4. The quantitative estimate of drug-likeness (QED) is 0.247. The fourth-order valence-corrected chi connectivity index (χ4v) is 6.82. The van der Waals surface area contributed by atoms with Crippen molar-refractivity contribution < 1.29 is 33.9 Å². The van der Waals surface area contributed by atoms with E-state index in [1.807, 2.05) is 44.2 Å². The summed E-state index contributed by atoms with van der Waals surface area (Å²) in [5, 5.41) is 21.9. The van der Waals surface area contributed by atoms with Crippen molar-refractivity contribution in [1.82, 2.24) is 36.1 Å². The van der Waals surface area contributed by atoms with E-state index in [0.717, 1.165) is 21.6 Å². The van der Waals surface area contributed by atoms with E-state index in [-0.39, 0.29) is 25.3 Å². The maximum atomic E-state index is 14.6. The molecule has 2 aromatic carbocycles. The van der Waals surface area contributed by atoms with Crippen molar-refractivity contribution in [1.29, 1.82) is 0 Å². The van der Waals surface area contributed by atoms with E-state index >= 15 is 0 Å². The number of benzene rings is 2. The summed E-state index contributed by atoms with van der Waals surface area (Å²) in [5.41, 5.74) is 4.49. The largest absolute Gasteiger partial charge is 0.394 e. The SMILES string of the molecule is Cc1cc(C(=O)N[C@H]2C[C@H]3C(=O)N[C@@H](CO)C(=O)N(C)CC(=O)N[C@H](C(C)C)C(=O)N[C@@H](Cc4ccccc4)C(=O)N3C2)c2ccc(C)c(C)c2n1. The van der Waals surface area contributed by atoms with Gasteiger partial charge in [-0.1, -0.05) is 56.3 Å². The zero-order valence-electron chi connectivity index (χ0n) is 30.4. The predicted octanol–water partition coefficient (Wildman–Crippen LogP) is 0.677. The highest BCUT2D eigenvalue weighted by Gasteiger charge is 2.44. The zero-order valence-corrected chi connectivity index (χ0v) is 30.4. The molecule has 0 saturated carbocycles. The number of aryl methyl sites for hydroxylation is 3. The second kappa shape index (κ2) is 15.9. The van der Waals surface area contributed by atoms with Gasteiger partial charge in [0.2, 0.25) is 29.5 Å². The van der Waals surface area contributed by atoms with Gasteiger partial charge in [-0.25, -0.2) is 0 Å². The molecule has 2 aliphatic rings. The highest BCUT2D eigenvalue weighted by molar-refractivity contribution is 6.07. The molecule has 0 unspecified atom stereocenters. The molecule has 0 radical (unpaired) electrons. The standard InChI is InChI=1S/C38H47N7O7/c1-20(2)32-36(50)41-28(15-24-10-8-7-9-11-24)38(52)45-17-25(16-30(45)35(49)42-29(19-46)37(51)44(6)18-31(47)43-32)40-34(48)27-14-22(4)39-33-23(5)21(3)12-13-26(27)33/h7-14,20,25,28-30,32,46H,15-19H2,1-6H3,(H,40,48)(H,41,50)(H,42,49)(H,43,47)/t25-,28-,29-,30-,32+/m0/s1. The lowest BCUT2D eigenvalue weighted by Crippen LogP contribution is -2.58. The van der Waals surface area contributed by atoms with Gasteiger partial charge in [-0.2, -0.15) is 0 Å². The van der Waals surface area contributed by atoms with Crippen LogP contribution in [0.15, 0.2) is 48.5 Å². The van der Waals surface area contributed by atoms with Crippen LogP contribution < -0.4 is 21.3 Å². The minimum Gasteiger partial charge on any atom is -0.394 e. The Labute approximate surface area is 302 Å². The van der Waals surface area contributed by atoms with Gasteiger partial charge in [0.05, 0.1) is 24.2 Å². The Bertz CT molecular complexity index is 1880. The average Bonchev–Trinajstić information content (AvgIpc) is 3.53. The number of fused-ring (bicyclic) bond motifs is 2. The Morgan fingerprint density at radius 3 is 2.31 bits per heavy atom. The summed E-state index contributed by atoms with van der Waals surface area (Å²) in [4.78, 5) is 89.5. The summed E-state index contributed by atoms with van der Waals surface area (Å²) in [6.07, 6.45) is 0.0693. The van der Waals surface area contributed by atoms with Gasteiger partial charge in [0.25, 0.3) is 5.91 Å². The third kappa shape index (κ3) is 8.23. The minimum absolute atomic E-state index is 0.00765. The van der Waals surface area contributed by atoms with Crippen LogP contribution in [0, 0.1) is 26.7 Å². The molecular weight excluding hydrogens is 666 g/mol. The molecule has 6 amide bonds. The number of carbonyl (C=O) groups is 6. The number of nitrogens with zero attached hydrogens (tertiary/aromatic N) is 3. The van der Waals surface area contributed by atoms with Gasteiger partial charge in [0.1, 0.15) is 24.2 Å². The lowest BCUT2D eigenvalue weighted by Gasteiger charge is -2.30. The van der Waals surface area contributed by atoms with Gasteiger partial charge >= 0.3 is 0 Å². The molecule has 14 nitrogen and oxygen atoms in total. The number of rotatable bonds is 6. The van der Waals surface area contributed by atoms with Crippen molar-refractivity contribution >= 4 is 46.3 Å². The third-order valence-electron chi connectivity index (χ3n) is 9.82. The van der Waals surface area contributed by atoms with E-state index in [2.05, 4.69) is 26.3 Å². The fourth-order valence-electron chi connectivity index (χ4n) is 6.82. The molecule has 276 valence electrons. The number of aliphatic hydroxyl groups excluding tert-OH is 1. The highest BCUT2D eigenvalue weighted by atomic mass is 16.3. The van der Waals surface area contributed by atoms with E-state index in [1.165, 1.54) is 11.9 Å². The summed E-state index contributed by atoms with van der Waals surface area (Å²) in [7, 11) is 1.35. The first-order chi connectivity index (χ1) is 24.7. The Morgan fingerprint density at radius 2 is 1.63 bits per heavy atom. The summed E-state index contributed by atoms with van der Waals surface area (Å²) < 4.78 is 0. The van der Waals surface area contributed by atoms with Crippen molar-refractivity contribution in [3.8, 4) is 0 Å². The van der Waals surface area contributed by atoms with Gasteiger partial charge in [-0.3, -0.25) is 33.8 Å². The molecule has 3 aromatic rings. The summed E-state index contributed by atoms with van der Waals surface area (Å²) in [6.45, 7) is 7.92. The van der Waals surface area contributed by atoms with Gasteiger partial charge in [-0.05, 0) is 55.9 Å². The third-order valence-corrected chi connectivity index (χ3v) is 9.82. The van der Waals surface area contributed by atoms with Gasteiger partial charge in [-0.15, -0.1) is 0 Å². The number of hydrogen-bond acceptors (Lipinski definition) is 8. The van der Waals surface area contributed by atoms with Crippen LogP contribution in [-0.2, 0) is 30.4 Å². The number of aromatic nitrogens is 1. The topological polar surface area (TPSA) is 190 Å². The Kier molecular flexibility index (Phi) is 11.6. The molecule has 2 saturated heterocycles. The molecule has 5 N–H and O–H groups in total. The number of hydrogen-bond donors (Lipinski definition) is 5. The van der Waals surface area contributed by atoms with Crippen LogP contribution in [0.5, 0.6) is 0 Å². The number of likely N-dealkylation sites (N-methyl/N-ethyl adjacent to an activating group) is 1. The smallest absolute Gasteiger partial charge is 0.252 e. The first kappa shape index (κ1) is 37.9. The van der Waals surface area contributed by atoms with Crippen molar-refractivity contribution in [3.63, 3.8) is 0 Å². The van der Waals surface area contributed by atoms with E-state index in [9.17, 15) is 33.9 Å². The van der Waals surface area contributed by atoms with E-state index in [4.69, 9.17) is 0 Å². The molecule has 0 bridgehead atoms. The van der Waals surface area contributed by atoms with Crippen LogP contribution in [0.4, 0.5) is 0 Å². The molecular formula is C38H47N7O7. The second-order valence-electron chi connectivity index (χ2n) is 14.1. The first-order valence-electron chi connectivity index (χ1n) is 17.5. The number of aliphatic hydroxyl groups is 1. The van der Waals surface area contributed by atoms with Crippen LogP contribution in [0.3, 0.4) is 0 Å². The fraction of sp³-hybridized carbons (Fsp3) is 0.447. The number of pyridine rings is 1. The average molecular weight is 714 g/mol. The Morgan fingerprint density at radius 1 is 0.942 bits per heavy atom. The lowest BCUT2D eigenvalue weighted by molar-refractivity contribution is -0.143. The molecule has 2 aliphatic heterocycles. The lowest BCUT2D eigenvalue weighted by atomic mass is 10.00. The van der Waals surface area contributed by atoms with E-state index < -0.39 is 78.8 Å². The molecule has 0 aliphatic carbocycles. The van der Waals surface area contributed by atoms with Crippen molar-refractivity contribution in [2.45, 2.75) is 77.7 Å². The van der Waals surface area contributed by atoms with Gasteiger partial charge < -0.3 is 36.2 Å². The predicted molar refractivity (Wildman–Crippen MR) is 193 cm³/mol. The second-order valence-corrected chi connectivity index (χ2v) is 14.1. The molecule has 5 atom stereocenters. The molecule has 52 heavy (non-hydrogen) atoms. The zero-order chi connectivity index (χ0) is 37.9. The maximum absolute atomic E-state index is 14.6.